The molecule has 0 bridgehead atoms. The molecule has 0 saturated carbocycles. The SMILES string of the molecule is C[P+](C)(C)C.C[PH+](C)C.Cc1[o+]c(C)c(C)c(C)c1C.Cc1c(C)c(C)c(C(c2c(C)c(C)c(C)c(C)c2C)c2c(C)c(C)c(C)c(C)c2C)c(C)c1C.Cc1c(C)c(C)c([I+]c2c(C)c(C)c(C)c(C)c2C)c(C)c1C. The number of hydrogen-bond donors (Lipinski definition) is 0. The lowest BCUT2D eigenvalue weighted by Gasteiger charge is -2.34. The van der Waals surface area contributed by atoms with E-state index in [-0.39, 0.29) is 42.3 Å². The van der Waals surface area contributed by atoms with Gasteiger partial charge in [-0.3, -0.25) is 0 Å². The molecule has 0 atom stereocenters. The number of rotatable bonds is 5. The highest BCUT2D eigenvalue weighted by atomic mass is 127. The number of aryl methyl sites for hydroxylation is 2. The van der Waals surface area contributed by atoms with Gasteiger partial charge in [0.05, 0.1) is 25.0 Å². The molecule has 0 fully saturated rings. The van der Waals surface area contributed by atoms with Crippen molar-refractivity contribution in [3.8, 4) is 0 Å². The van der Waals surface area contributed by atoms with Crippen LogP contribution in [-0.4, -0.2) is 46.7 Å². The molecule has 5 aromatic carbocycles. The molecule has 0 aliphatic carbocycles. The minimum absolute atomic E-state index is 0.120. The van der Waals surface area contributed by atoms with Gasteiger partial charge in [-0.15, -0.1) is 0 Å². The Morgan fingerprint density at radius 3 is 0.545 bits per heavy atom. The van der Waals surface area contributed by atoms with Gasteiger partial charge in [0.2, 0.25) is 7.14 Å². The summed E-state index contributed by atoms with van der Waals surface area (Å²) in [4.78, 5) is 0. The second-order valence-electron chi connectivity index (χ2n) is 25.3. The molecule has 0 spiro atoms. The average Bonchev–Trinajstić information content (AvgIpc) is 3.35. The molecule has 1 aromatic heterocycles. The van der Waals surface area contributed by atoms with Crippen molar-refractivity contribution in [3.63, 3.8) is 0 Å². The van der Waals surface area contributed by atoms with Crippen molar-refractivity contribution in [1.82, 2.24) is 0 Å². The third kappa shape index (κ3) is 15.6. The van der Waals surface area contributed by atoms with E-state index < -0.39 is 0 Å². The minimum atomic E-state index is -0.389. The van der Waals surface area contributed by atoms with E-state index in [9.17, 15) is 0 Å². The maximum absolute atomic E-state index is 5.52. The lowest BCUT2D eigenvalue weighted by atomic mass is 9.70. The average molecular weight is 1200 g/mol. The van der Waals surface area contributed by atoms with Crippen LogP contribution in [0.4, 0.5) is 0 Å². The summed E-state index contributed by atoms with van der Waals surface area (Å²) in [6.07, 6.45) is 0. The Bertz CT molecular complexity index is 2750. The van der Waals surface area contributed by atoms with Crippen LogP contribution in [0.15, 0.2) is 4.42 Å². The summed E-state index contributed by atoms with van der Waals surface area (Å²) in [5.74, 6) is 2.30. The van der Waals surface area contributed by atoms with E-state index in [1.165, 1.54) is 172 Å². The first-order valence-corrected chi connectivity index (χ1v) is 37.2. The predicted molar refractivity (Wildman–Crippen MR) is 352 cm³/mol. The van der Waals surface area contributed by atoms with Crippen molar-refractivity contribution < 1.29 is 25.6 Å². The minimum Gasteiger partial charge on any atom is -0.218 e. The van der Waals surface area contributed by atoms with Gasteiger partial charge in [-0.05, 0) is 341 Å². The van der Waals surface area contributed by atoms with Gasteiger partial charge in [0.15, 0.2) is 0 Å². The zero-order valence-electron chi connectivity index (χ0n) is 56.8. The molecule has 0 saturated heterocycles. The van der Waals surface area contributed by atoms with Crippen LogP contribution in [0.5, 0.6) is 0 Å². The highest BCUT2D eigenvalue weighted by Gasteiger charge is 2.33. The van der Waals surface area contributed by atoms with Crippen molar-refractivity contribution in [2.45, 2.75) is 214 Å². The molecule has 0 N–H and O–H groups in total. The molecule has 1 nitrogen and oxygen atoms in total. The monoisotopic (exact) mass is 1190 g/mol. The van der Waals surface area contributed by atoms with Crippen molar-refractivity contribution in [3.05, 3.63) is 191 Å². The molecule has 424 valence electrons. The Morgan fingerprint density at radius 2 is 0.377 bits per heavy atom. The molecule has 0 unspecified atom stereocenters. The van der Waals surface area contributed by atoms with E-state index in [0.29, 0.717) is 0 Å². The van der Waals surface area contributed by atoms with Crippen molar-refractivity contribution in [2.75, 3.05) is 46.7 Å². The Labute approximate surface area is 488 Å². The molecular formula is C73H113IOP2+4. The van der Waals surface area contributed by atoms with Crippen LogP contribution in [0.1, 0.15) is 190 Å². The molecule has 0 amide bonds. The Morgan fingerprint density at radius 1 is 0.247 bits per heavy atom. The van der Waals surface area contributed by atoms with Gasteiger partial charge in [-0.25, -0.2) is 4.42 Å². The van der Waals surface area contributed by atoms with E-state index in [4.69, 9.17) is 4.42 Å². The fourth-order valence-corrected chi connectivity index (χ4v) is 14.6. The first-order chi connectivity index (χ1) is 35.0. The fraction of sp³-hybridized carbons (Fsp3) is 0.521. The quantitative estimate of drug-likeness (QED) is 0.0725. The summed E-state index contributed by atoms with van der Waals surface area (Å²) in [5.41, 5.74) is 45.1. The predicted octanol–water partition coefficient (Wildman–Crippen LogP) is 18.1. The maximum atomic E-state index is 5.52. The molecule has 77 heavy (non-hydrogen) atoms. The van der Waals surface area contributed by atoms with Crippen LogP contribution in [0.3, 0.4) is 0 Å². The molecule has 4 heteroatoms. The zero-order chi connectivity index (χ0) is 60.3. The molecule has 6 rings (SSSR count). The van der Waals surface area contributed by atoms with E-state index in [1.54, 1.807) is 7.14 Å². The van der Waals surface area contributed by atoms with Gasteiger partial charge >= 0.3 is 32.7 Å². The van der Waals surface area contributed by atoms with Crippen molar-refractivity contribution >= 4 is 15.2 Å². The number of halogens is 1. The molecule has 0 radical (unpaired) electrons. The topological polar surface area (TPSA) is 11.3 Å². The normalized spacial score (nSPS) is 11.2. The largest absolute Gasteiger partial charge is 0.359 e. The Hall–Kier alpha value is -3.16. The van der Waals surface area contributed by atoms with Gasteiger partial charge in [0, 0.05) is 82.1 Å². The van der Waals surface area contributed by atoms with Crippen molar-refractivity contribution in [2.24, 2.45) is 0 Å². The molecule has 6 aromatic rings. The second-order valence-corrected chi connectivity index (χ2v) is 36.4. The lowest BCUT2D eigenvalue weighted by Crippen LogP contribution is -3.62. The van der Waals surface area contributed by atoms with Gasteiger partial charge in [-0.1, -0.05) is 0 Å². The molecule has 0 aliphatic rings. The Balaban J connectivity index is 0.000000402. The van der Waals surface area contributed by atoms with Crippen LogP contribution in [-0.2, 0) is 0 Å². The van der Waals surface area contributed by atoms with Gasteiger partial charge < -0.3 is 0 Å². The summed E-state index contributed by atoms with van der Waals surface area (Å²) in [6.45, 7) is 84.2. The molecule has 0 aliphatic heterocycles. The summed E-state index contributed by atoms with van der Waals surface area (Å²) in [7, 11) is -0.269. The second kappa shape index (κ2) is 28.0. The zero-order valence-corrected chi connectivity index (χ0v) is 60.9. The fourth-order valence-electron chi connectivity index (χ4n) is 10.8. The lowest BCUT2D eigenvalue weighted by molar-refractivity contribution is -0.600. The van der Waals surface area contributed by atoms with Gasteiger partial charge in [-0.2, -0.15) is 0 Å². The molecular weight excluding hydrogens is 1080 g/mol. The summed E-state index contributed by atoms with van der Waals surface area (Å²) >= 11 is -0.151. The smallest absolute Gasteiger partial charge is 0.218 e. The van der Waals surface area contributed by atoms with Gasteiger partial charge in [0.25, 0.3) is 0 Å². The summed E-state index contributed by atoms with van der Waals surface area (Å²) in [6, 6.07) is 0. The Kier molecular flexibility index (Phi) is 25.4. The standard InChI is InChI=1S/C34H46.C22H30I.C10H15O.C4H12P.C3H9P/c1-16-19(4)25(10)31(26(11)20(16)5)34(32-27(12)21(6)17(2)22(7)28(32)13)33-29(14)23(8)18(3)24(9)30(33)15;1-11-13(3)17(7)21(18(8)14(11)4)23-22-19(9)15(5)12(2)16(6)20(22)10;1-6-7(2)9(4)11-10(5)8(6)3;1-5(2,3)4;1-4(2)3/h34H,1-15H3;1-10H3;1-5H3;1-4H3;1-3H3/q;3*+1;/p+1. The van der Waals surface area contributed by atoms with Crippen LogP contribution in [0, 0.1) is 215 Å². The van der Waals surface area contributed by atoms with Crippen LogP contribution in [0.2, 0.25) is 0 Å². The third-order valence-corrected chi connectivity index (χ3v) is 22.8. The summed E-state index contributed by atoms with van der Waals surface area (Å²) in [5, 5.41) is 0. The summed E-state index contributed by atoms with van der Waals surface area (Å²) < 4.78 is 8.79. The highest BCUT2D eigenvalue weighted by molar-refractivity contribution is 7.73. The van der Waals surface area contributed by atoms with E-state index >= 15 is 0 Å². The third-order valence-electron chi connectivity index (χ3n) is 18.5. The van der Waals surface area contributed by atoms with E-state index in [1.807, 2.05) is 13.8 Å². The maximum Gasteiger partial charge on any atom is 0.359 e. The first-order valence-electron chi connectivity index (χ1n) is 28.4. The van der Waals surface area contributed by atoms with E-state index in [2.05, 4.69) is 241 Å². The van der Waals surface area contributed by atoms with Gasteiger partial charge in [0.1, 0.15) is 0 Å². The first kappa shape index (κ1) is 69.9. The number of benzene rings is 5. The number of hydrogen-bond acceptors (Lipinski definition) is 0. The van der Waals surface area contributed by atoms with E-state index in [0.717, 1.165) is 11.5 Å². The van der Waals surface area contributed by atoms with Crippen LogP contribution in [0.25, 0.3) is 0 Å². The van der Waals surface area contributed by atoms with Crippen molar-refractivity contribution in [1.29, 1.82) is 0 Å². The molecule has 1 heterocycles. The van der Waals surface area contributed by atoms with Crippen LogP contribution < -0.4 is 21.2 Å². The highest BCUT2D eigenvalue weighted by Crippen LogP contribution is 2.47. The van der Waals surface area contributed by atoms with Crippen LogP contribution >= 0.6 is 15.2 Å².